The van der Waals surface area contributed by atoms with Gasteiger partial charge in [0.15, 0.2) is 6.20 Å². The van der Waals surface area contributed by atoms with E-state index in [0.717, 1.165) is 41.2 Å². The van der Waals surface area contributed by atoms with Crippen molar-refractivity contribution in [2.75, 3.05) is 7.05 Å². The molecule has 2 fully saturated rings. The van der Waals surface area contributed by atoms with E-state index in [1.807, 2.05) is 24.3 Å². The van der Waals surface area contributed by atoms with Crippen molar-refractivity contribution >= 4 is 10.8 Å². The summed E-state index contributed by atoms with van der Waals surface area (Å²) >= 11 is 0. The van der Waals surface area contributed by atoms with E-state index in [2.05, 4.69) is 0 Å². The molecule has 2 bridgehead atoms. The fraction of sp³-hybridized carbons (Fsp3) is 0.471. The number of pyridine rings is 1. The first kappa shape index (κ1) is 13.8. The van der Waals surface area contributed by atoms with Crippen LogP contribution < -0.4 is 9.47 Å². The zero-order valence-electron chi connectivity index (χ0n) is 12.6. The molecule has 2 atom stereocenters. The molecular weight excluding hydrogens is 280 g/mol. The van der Waals surface area contributed by atoms with Gasteiger partial charge in [-0.15, -0.1) is 4.73 Å². The minimum absolute atomic E-state index is 0.0383. The number of quaternary nitrogens is 1. The number of benzene rings is 1. The molecule has 0 aliphatic carbocycles. The molecule has 22 heavy (non-hydrogen) atoms. The molecule has 2 aliphatic heterocycles. The lowest BCUT2D eigenvalue weighted by atomic mass is 10.00. The number of fused-ring (bicyclic) bond motifs is 3. The predicted molar refractivity (Wildman–Crippen MR) is 82.9 cm³/mol. The largest absolute Gasteiger partial charge is 0.633 e. The first-order chi connectivity index (χ1) is 10.6. The Morgan fingerprint density at radius 3 is 2.55 bits per heavy atom. The third-order valence-corrected chi connectivity index (χ3v) is 5.41. The number of piperidine rings is 1. The second-order valence-corrected chi connectivity index (χ2v) is 6.69. The van der Waals surface area contributed by atoms with E-state index in [1.54, 1.807) is 13.1 Å². The highest BCUT2D eigenvalue weighted by molar-refractivity contribution is 5.85. The van der Waals surface area contributed by atoms with Crippen molar-refractivity contribution in [3.05, 3.63) is 46.9 Å². The average molecular weight is 300 g/mol. The second kappa shape index (κ2) is 4.83. The molecule has 5 nitrogen and oxygen atoms in total. The molecule has 2 aromatic rings. The van der Waals surface area contributed by atoms with Crippen LogP contribution in [-0.2, 0) is 0 Å². The highest BCUT2D eigenvalue weighted by atomic mass is 16.6. The molecule has 0 spiro atoms. The highest BCUT2D eigenvalue weighted by Crippen LogP contribution is 2.41. The van der Waals surface area contributed by atoms with Gasteiger partial charge in [-0.25, -0.2) is 0 Å². The Hall–Kier alpha value is -1.85. The lowest BCUT2D eigenvalue weighted by Gasteiger charge is -2.50. The standard InChI is InChI=1S/C17H20N2O3/c1-19(21)13-6-7-14(19)11-15(10-13)22-17-16-5-3-2-4-12(16)8-9-18(17)20/h2-5,8-9,13-15H,6-7,10-11H2,1H3. The van der Waals surface area contributed by atoms with E-state index in [4.69, 9.17) is 4.74 Å². The van der Waals surface area contributed by atoms with E-state index < -0.39 is 0 Å². The van der Waals surface area contributed by atoms with Gasteiger partial charge < -0.3 is 19.8 Å². The molecule has 2 aliphatic rings. The number of hydrogen-bond donors (Lipinski definition) is 0. The second-order valence-electron chi connectivity index (χ2n) is 6.69. The van der Waals surface area contributed by atoms with Gasteiger partial charge in [-0.3, -0.25) is 0 Å². The Balaban J connectivity index is 1.64. The number of hydroxylamine groups is 3. The van der Waals surface area contributed by atoms with Crippen LogP contribution in [0.4, 0.5) is 0 Å². The molecule has 4 rings (SSSR count). The average Bonchev–Trinajstić information content (AvgIpc) is 2.68. The molecule has 2 saturated heterocycles. The monoisotopic (exact) mass is 300 g/mol. The van der Waals surface area contributed by atoms with Crippen LogP contribution in [0.2, 0.25) is 0 Å². The van der Waals surface area contributed by atoms with Crippen LogP contribution in [0.15, 0.2) is 36.5 Å². The summed E-state index contributed by atoms with van der Waals surface area (Å²) in [5.41, 5.74) is 0. The minimum Gasteiger partial charge on any atom is -0.633 e. The van der Waals surface area contributed by atoms with Gasteiger partial charge in [-0.2, -0.15) is 0 Å². The SMILES string of the molecule is C[N+]1([O-])C2CCC1CC(Oc1c3ccccc3cc[n+]1[O-])C2. The van der Waals surface area contributed by atoms with Crippen LogP contribution in [0, 0.1) is 10.4 Å². The lowest BCUT2D eigenvalue weighted by molar-refractivity contribution is -0.903. The van der Waals surface area contributed by atoms with Gasteiger partial charge in [-0.05, 0) is 11.5 Å². The summed E-state index contributed by atoms with van der Waals surface area (Å²) < 4.78 is 6.74. The normalized spacial score (nSPS) is 34.0. The molecule has 1 aromatic carbocycles. The molecule has 0 radical (unpaired) electrons. The number of aromatic nitrogens is 1. The predicted octanol–water partition coefficient (Wildman–Crippen LogP) is 2.49. The molecule has 5 heteroatoms. The van der Waals surface area contributed by atoms with Crippen molar-refractivity contribution in [3.63, 3.8) is 0 Å². The van der Waals surface area contributed by atoms with Crippen molar-refractivity contribution in [1.29, 1.82) is 0 Å². The van der Waals surface area contributed by atoms with E-state index >= 15 is 0 Å². The van der Waals surface area contributed by atoms with Crippen LogP contribution in [0.1, 0.15) is 25.7 Å². The summed E-state index contributed by atoms with van der Waals surface area (Å²) in [6.07, 6.45) is 4.86. The maximum absolute atomic E-state index is 12.5. The van der Waals surface area contributed by atoms with Gasteiger partial charge in [-0.1, -0.05) is 18.2 Å². The van der Waals surface area contributed by atoms with Crippen LogP contribution in [0.5, 0.6) is 5.88 Å². The quantitative estimate of drug-likeness (QED) is 0.486. The van der Waals surface area contributed by atoms with Crippen LogP contribution >= 0.6 is 0 Å². The third-order valence-electron chi connectivity index (χ3n) is 5.41. The summed E-state index contributed by atoms with van der Waals surface area (Å²) in [5.74, 6) is 0.365. The molecule has 0 N–H and O–H groups in total. The van der Waals surface area contributed by atoms with Gasteiger partial charge in [0.1, 0.15) is 6.10 Å². The number of ether oxygens (including phenoxy) is 1. The van der Waals surface area contributed by atoms with Crippen LogP contribution in [0.3, 0.4) is 0 Å². The Morgan fingerprint density at radius 2 is 1.82 bits per heavy atom. The van der Waals surface area contributed by atoms with Crippen molar-refractivity contribution in [1.82, 2.24) is 0 Å². The highest BCUT2D eigenvalue weighted by Gasteiger charge is 2.48. The van der Waals surface area contributed by atoms with E-state index in [0.29, 0.717) is 5.88 Å². The minimum atomic E-state index is -0.132. The van der Waals surface area contributed by atoms with Crippen molar-refractivity contribution in [2.24, 2.45) is 0 Å². The molecule has 1 aromatic heterocycles. The molecule has 3 heterocycles. The zero-order chi connectivity index (χ0) is 15.3. The van der Waals surface area contributed by atoms with Gasteiger partial charge in [0.2, 0.25) is 0 Å². The third kappa shape index (κ3) is 2.04. The molecular formula is C17H20N2O3. The Labute approximate surface area is 129 Å². The molecule has 2 unspecified atom stereocenters. The maximum Gasteiger partial charge on any atom is 0.387 e. The Kier molecular flexibility index (Phi) is 3.03. The fourth-order valence-corrected chi connectivity index (χ4v) is 4.09. The summed E-state index contributed by atoms with van der Waals surface area (Å²) in [4.78, 5) is 0. The number of nitrogens with zero attached hydrogens (tertiary/aromatic N) is 2. The van der Waals surface area contributed by atoms with Gasteiger partial charge >= 0.3 is 5.88 Å². The van der Waals surface area contributed by atoms with Gasteiger partial charge in [0.25, 0.3) is 0 Å². The van der Waals surface area contributed by atoms with Gasteiger partial charge in [0.05, 0.1) is 24.5 Å². The van der Waals surface area contributed by atoms with E-state index in [9.17, 15) is 10.4 Å². The van der Waals surface area contributed by atoms with Crippen LogP contribution in [0.25, 0.3) is 10.8 Å². The molecule has 116 valence electrons. The summed E-state index contributed by atoms with van der Waals surface area (Å²) in [5, 5.41) is 26.5. The Bertz CT molecular complexity index is 700. The first-order valence-electron chi connectivity index (χ1n) is 7.90. The Morgan fingerprint density at radius 1 is 1.14 bits per heavy atom. The smallest absolute Gasteiger partial charge is 0.387 e. The van der Waals surface area contributed by atoms with E-state index in [-0.39, 0.29) is 22.8 Å². The summed E-state index contributed by atoms with van der Waals surface area (Å²) in [6, 6.07) is 9.75. The zero-order valence-corrected chi connectivity index (χ0v) is 12.6. The first-order valence-corrected chi connectivity index (χ1v) is 7.90. The number of rotatable bonds is 2. The number of hydrogen-bond acceptors (Lipinski definition) is 3. The van der Waals surface area contributed by atoms with Gasteiger partial charge in [0, 0.05) is 31.7 Å². The van der Waals surface area contributed by atoms with Crippen molar-refractivity contribution in [3.8, 4) is 5.88 Å². The lowest BCUT2D eigenvalue weighted by Crippen LogP contribution is -2.55. The molecule has 0 saturated carbocycles. The van der Waals surface area contributed by atoms with E-state index in [1.165, 1.54) is 6.20 Å². The topological polar surface area (TPSA) is 59.2 Å². The van der Waals surface area contributed by atoms with Crippen molar-refractivity contribution in [2.45, 2.75) is 43.9 Å². The maximum atomic E-state index is 12.5. The van der Waals surface area contributed by atoms with Crippen molar-refractivity contribution < 1.29 is 14.1 Å². The van der Waals surface area contributed by atoms with Crippen LogP contribution in [-0.4, -0.2) is 29.9 Å². The summed E-state index contributed by atoms with van der Waals surface area (Å²) in [6.45, 7) is 0. The summed E-state index contributed by atoms with van der Waals surface area (Å²) in [7, 11) is 1.78. The molecule has 0 amide bonds. The fourth-order valence-electron chi connectivity index (χ4n) is 4.09.